The summed E-state index contributed by atoms with van der Waals surface area (Å²) >= 11 is 0. The predicted octanol–water partition coefficient (Wildman–Crippen LogP) is 13.0. The second-order valence-corrected chi connectivity index (χ2v) is 18.1. The summed E-state index contributed by atoms with van der Waals surface area (Å²) in [5.74, 6) is -3.21. The van der Waals surface area contributed by atoms with Gasteiger partial charge < -0.3 is 39.0 Å². The number of carbonyl (C=O) groups is 4. The van der Waals surface area contributed by atoms with Gasteiger partial charge in [-0.15, -0.1) is 0 Å². The Hall–Kier alpha value is -3.84. The minimum Gasteiger partial charge on any atom is -0.479 e. The number of rotatable bonds is 44. The van der Waals surface area contributed by atoms with E-state index < -0.39 is 67.3 Å². The summed E-state index contributed by atoms with van der Waals surface area (Å²) < 4.78 is 28.2. The molecule has 12 heteroatoms. The molecule has 1 aliphatic heterocycles. The lowest BCUT2D eigenvalue weighted by Crippen LogP contribution is -2.61. The number of ether oxygens (including phenoxy) is 5. The summed E-state index contributed by atoms with van der Waals surface area (Å²) in [6, 6.07) is 0. The predicted molar refractivity (Wildman–Crippen MR) is 275 cm³/mol. The number of carbonyl (C=O) groups excluding carboxylic acids is 3. The van der Waals surface area contributed by atoms with Crippen molar-refractivity contribution in [2.45, 2.75) is 250 Å². The van der Waals surface area contributed by atoms with Crippen molar-refractivity contribution in [1.82, 2.24) is 0 Å². The second kappa shape index (κ2) is 45.3. The van der Waals surface area contributed by atoms with Gasteiger partial charge in [0.05, 0.1) is 6.61 Å². The fraction of sp³-hybridized carbons (Fsp3) is 0.719. The van der Waals surface area contributed by atoms with Crippen molar-refractivity contribution in [2.75, 3.05) is 13.2 Å². The van der Waals surface area contributed by atoms with Crippen LogP contribution in [-0.4, -0.2) is 89.2 Å². The first-order valence-electron chi connectivity index (χ1n) is 26.9. The normalized spacial score (nSPS) is 19.2. The molecule has 6 atom stereocenters. The molecule has 0 bridgehead atoms. The number of aliphatic hydroxyl groups is 2. The van der Waals surface area contributed by atoms with Crippen LogP contribution in [0.25, 0.3) is 0 Å². The molecule has 0 aromatic carbocycles. The van der Waals surface area contributed by atoms with E-state index in [4.69, 9.17) is 23.7 Å². The van der Waals surface area contributed by atoms with E-state index in [9.17, 15) is 34.5 Å². The summed E-state index contributed by atoms with van der Waals surface area (Å²) in [7, 11) is 0. The third kappa shape index (κ3) is 35.8. The van der Waals surface area contributed by atoms with Crippen molar-refractivity contribution in [3.05, 3.63) is 72.9 Å². The average Bonchev–Trinajstić information content (AvgIpc) is 3.33. The van der Waals surface area contributed by atoms with Crippen molar-refractivity contribution < 1.29 is 58.2 Å². The van der Waals surface area contributed by atoms with Crippen molar-refractivity contribution in [1.29, 1.82) is 0 Å². The number of aliphatic hydroxyl groups excluding tert-OH is 2. The van der Waals surface area contributed by atoms with Crippen LogP contribution < -0.4 is 0 Å². The number of carboxylic acids is 1. The van der Waals surface area contributed by atoms with E-state index in [-0.39, 0.29) is 25.9 Å². The summed E-state index contributed by atoms with van der Waals surface area (Å²) in [6.45, 7) is 5.76. The number of allylic oxidation sites excluding steroid dienone is 12. The van der Waals surface area contributed by atoms with E-state index in [2.05, 4.69) is 87.6 Å². The Morgan fingerprint density at radius 1 is 0.493 bits per heavy atom. The maximum Gasteiger partial charge on any atom is 0.335 e. The first-order chi connectivity index (χ1) is 33.6. The summed E-state index contributed by atoms with van der Waals surface area (Å²) in [6.07, 6.45) is 43.3. The fourth-order valence-corrected chi connectivity index (χ4v) is 7.63. The van der Waals surface area contributed by atoms with E-state index in [1.165, 1.54) is 57.8 Å². The van der Waals surface area contributed by atoms with Crippen LogP contribution in [0.15, 0.2) is 72.9 Å². The maximum atomic E-state index is 13.0. The molecule has 0 amide bonds. The Morgan fingerprint density at radius 2 is 0.928 bits per heavy atom. The van der Waals surface area contributed by atoms with Gasteiger partial charge in [-0.25, -0.2) is 4.79 Å². The molecule has 1 heterocycles. The minimum absolute atomic E-state index is 0.0438. The number of esters is 3. The number of unbranched alkanes of at least 4 members (excludes halogenated alkanes) is 18. The minimum atomic E-state index is -1.91. The molecule has 0 spiro atoms. The topological polar surface area (TPSA) is 175 Å². The molecule has 1 aliphatic rings. The molecule has 1 rings (SSSR count). The van der Waals surface area contributed by atoms with Gasteiger partial charge in [-0.3, -0.25) is 14.4 Å². The lowest BCUT2D eigenvalue weighted by Gasteiger charge is -2.40. The molecule has 12 nitrogen and oxygen atoms in total. The molecule has 1 fully saturated rings. The SMILES string of the molecule is CC/C=C\C/C=C\C/C=C\C/C=C\C/C=C\CCCC(=O)OCC(COC1OC(C(=O)O)C(O)C(O)C1OC(=O)CCCCCCC/C=C\CCCCCC)OC(=O)CCCCCCCCCCC. The largest absolute Gasteiger partial charge is 0.479 e. The zero-order valence-electron chi connectivity index (χ0n) is 43.0. The van der Waals surface area contributed by atoms with E-state index in [1.54, 1.807) is 0 Å². The second-order valence-electron chi connectivity index (χ2n) is 18.1. The van der Waals surface area contributed by atoms with Crippen LogP contribution in [0.1, 0.15) is 213 Å². The molecule has 394 valence electrons. The van der Waals surface area contributed by atoms with Gasteiger partial charge in [0.1, 0.15) is 18.8 Å². The Bertz CT molecular complexity index is 1480. The van der Waals surface area contributed by atoms with Crippen LogP contribution in [0.5, 0.6) is 0 Å². The van der Waals surface area contributed by atoms with Crippen LogP contribution in [0.3, 0.4) is 0 Å². The monoisotopic (exact) mass is 971 g/mol. The summed E-state index contributed by atoms with van der Waals surface area (Å²) in [5.41, 5.74) is 0. The molecular formula is C57H94O12. The lowest BCUT2D eigenvalue weighted by atomic mass is 9.98. The number of aliphatic carboxylic acids is 1. The van der Waals surface area contributed by atoms with Crippen molar-refractivity contribution in [3.63, 3.8) is 0 Å². The Kier molecular flexibility index (Phi) is 41.5. The summed E-state index contributed by atoms with van der Waals surface area (Å²) in [4.78, 5) is 50.8. The molecule has 69 heavy (non-hydrogen) atoms. The lowest BCUT2D eigenvalue weighted by molar-refractivity contribution is -0.301. The van der Waals surface area contributed by atoms with E-state index >= 15 is 0 Å². The van der Waals surface area contributed by atoms with Gasteiger partial charge in [0, 0.05) is 19.3 Å². The zero-order valence-corrected chi connectivity index (χ0v) is 43.0. The van der Waals surface area contributed by atoms with Crippen LogP contribution in [0.2, 0.25) is 0 Å². The third-order valence-corrected chi connectivity index (χ3v) is 11.8. The number of hydrogen-bond acceptors (Lipinski definition) is 11. The molecule has 0 saturated carbocycles. The Labute approximate surface area is 417 Å². The van der Waals surface area contributed by atoms with Gasteiger partial charge in [-0.05, 0) is 83.5 Å². The highest BCUT2D eigenvalue weighted by atomic mass is 16.7. The smallest absolute Gasteiger partial charge is 0.335 e. The highest BCUT2D eigenvalue weighted by Crippen LogP contribution is 2.26. The van der Waals surface area contributed by atoms with E-state index in [0.29, 0.717) is 25.7 Å². The molecular weight excluding hydrogens is 877 g/mol. The number of hydrogen-bond donors (Lipinski definition) is 3. The molecule has 1 saturated heterocycles. The molecule has 6 unspecified atom stereocenters. The quantitative estimate of drug-likeness (QED) is 0.0228. The third-order valence-electron chi connectivity index (χ3n) is 11.8. The number of carboxylic acid groups (broad SMARTS) is 1. The van der Waals surface area contributed by atoms with Crippen molar-refractivity contribution in [2.24, 2.45) is 0 Å². The first kappa shape index (κ1) is 63.2. The molecule has 3 N–H and O–H groups in total. The molecule has 0 aromatic rings. The average molecular weight is 971 g/mol. The van der Waals surface area contributed by atoms with Crippen LogP contribution in [0, 0.1) is 0 Å². The van der Waals surface area contributed by atoms with Gasteiger partial charge in [0.15, 0.2) is 24.6 Å². The van der Waals surface area contributed by atoms with E-state index in [1.807, 2.05) is 6.08 Å². The van der Waals surface area contributed by atoms with Gasteiger partial charge in [-0.2, -0.15) is 0 Å². The summed E-state index contributed by atoms with van der Waals surface area (Å²) in [5, 5.41) is 31.3. The Morgan fingerprint density at radius 3 is 1.46 bits per heavy atom. The molecule has 0 aromatic heterocycles. The van der Waals surface area contributed by atoms with Crippen LogP contribution >= 0.6 is 0 Å². The van der Waals surface area contributed by atoms with E-state index in [0.717, 1.165) is 89.9 Å². The zero-order chi connectivity index (χ0) is 50.4. The van der Waals surface area contributed by atoms with Gasteiger partial charge in [-0.1, -0.05) is 184 Å². The highest BCUT2D eigenvalue weighted by Gasteiger charge is 2.50. The Balaban J connectivity index is 2.74. The molecule has 0 aliphatic carbocycles. The van der Waals surface area contributed by atoms with Gasteiger partial charge >= 0.3 is 23.9 Å². The highest BCUT2D eigenvalue weighted by molar-refractivity contribution is 5.74. The van der Waals surface area contributed by atoms with Gasteiger partial charge in [0.25, 0.3) is 0 Å². The van der Waals surface area contributed by atoms with Crippen molar-refractivity contribution >= 4 is 23.9 Å². The fourth-order valence-electron chi connectivity index (χ4n) is 7.63. The standard InChI is InChI=1S/C57H94O12/c1-4-7-10-13-16-19-21-23-24-25-26-28-29-32-34-37-40-43-49(58)65-46-48(67-50(59)44-41-38-35-31-18-15-12-9-6-3)47-66-57-55(53(62)52(61)54(69-57)56(63)64)68-51(60)45-42-39-36-33-30-27-22-20-17-14-11-8-5-2/h7,10,16,19-20,22-24,26,28,32,34,48,52-55,57,61-62H,4-6,8-9,11-15,17-18,21,25,27,29-31,33,35-47H2,1-3H3,(H,63,64)/b10-7-,19-16-,22-20-,24-23-,28-26-,34-32-. The van der Waals surface area contributed by atoms with Gasteiger partial charge in [0.2, 0.25) is 0 Å². The molecule has 0 radical (unpaired) electrons. The van der Waals surface area contributed by atoms with Crippen LogP contribution in [0.4, 0.5) is 0 Å². The first-order valence-corrected chi connectivity index (χ1v) is 26.9. The maximum absolute atomic E-state index is 13.0. The van der Waals surface area contributed by atoms with Crippen LogP contribution in [-0.2, 0) is 42.9 Å². The van der Waals surface area contributed by atoms with Crippen molar-refractivity contribution in [3.8, 4) is 0 Å².